The highest BCUT2D eigenvalue weighted by molar-refractivity contribution is 7.16. The van der Waals surface area contributed by atoms with Gasteiger partial charge in [-0.25, -0.2) is 0 Å². The fourth-order valence-corrected chi connectivity index (χ4v) is 4.21. The summed E-state index contributed by atoms with van der Waals surface area (Å²) in [7, 11) is 0. The van der Waals surface area contributed by atoms with Crippen LogP contribution in [0.25, 0.3) is 10.4 Å². The second kappa shape index (κ2) is 3.23. The van der Waals surface area contributed by atoms with Gasteiger partial charge < -0.3 is 0 Å². The van der Waals surface area contributed by atoms with E-state index < -0.39 is 0 Å². The maximum Gasteiger partial charge on any atom is 0.0348 e. The van der Waals surface area contributed by atoms with Gasteiger partial charge in [0.15, 0.2) is 0 Å². The zero-order valence-electron chi connectivity index (χ0n) is 10.9. The summed E-state index contributed by atoms with van der Waals surface area (Å²) >= 11 is 1.96. The number of thiophene rings is 1. The van der Waals surface area contributed by atoms with E-state index in [-0.39, 0.29) is 0 Å². The fourth-order valence-electron chi connectivity index (χ4n) is 2.62. The molecule has 0 radical (unpaired) electrons. The molecule has 88 valence electrons. The third kappa shape index (κ3) is 1.29. The summed E-state index contributed by atoms with van der Waals surface area (Å²) in [6.07, 6.45) is 0. The largest absolute Gasteiger partial charge is 0.139 e. The van der Waals surface area contributed by atoms with Crippen LogP contribution < -0.4 is 0 Å². The molecule has 2 aromatic rings. The van der Waals surface area contributed by atoms with Gasteiger partial charge in [-0.3, -0.25) is 0 Å². The van der Waals surface area contributed by atoms with E-state index in [0.717, 1.165) is 0 Å². The highest BCUT2D eigenvalue weighted by Gasteiger charge is 2.52. The van der Waals surface area contributed by atoms with Crippen molar-refractivity contribution in [3.8, 4) is 10.4 Å². The molecule has 3 rings (SSSR count). The molecule has 1 aromatic carbocycles. The van der Waals surface area contributed by atoms with Gasteiger partial charge in [0.05, 0.1) is 0 Å². The van der Waals surface area contributed by atoms with Gasteiger partial charge in [-0.15, -0.1) is 11.3 Å². The van der Waals surface area contributed by atoms with Crippen LogP contribution >= 0.6 is 11.3 Å². The van der Waals surface area contributed by atoms with E-state index in [1.54, 1.807) is 10.4 Å². The van der Waals surface area contributed by atoms with E-state index in [2.05, 4.69) is 64.1 Å². The molecule has 0 bridgehead atoms. The van der Waals surface area contributed by atoms with Crippen LogP contribution in [0.4, 0.5) is 0 Å². The molecule has 1 heteroatoms. The second-order valence-electron chi connectivity index (χ2n) is 5.97. The number of fused-ring (bicyclic) bond motifs is 1. The Morgan fingerprint density at radius 1 is 0.882 bits per heavy atom. The molecule has 0 atom stereocenters. The van der Waals surface area contributed by atoms with Crippen LogP contribution in [0.1, 0.15) is 38.1 Å². The number of rotatable bonds is 1. The summed E-state index contributed by atoms with van der Waals surface area (Å²) in [5.74, 6) is 0. The van der Waals surface area contributed by atoms with Gasteiger partial charge in [0.25, 0.3) is 0 Å². The average Bonchev–Trinajstić information content (AvgIpc) is 2.74. The van der Waals surface area contributed by atoms with Gasteiger partial charge in [0.2, 0.25) is 0 Å². The van der Waals surface area contributed by atoms with E-state index in [4.69, 9.17) is 0 Å². The standard InChI is InChI=1S/C16H18S/c1-15(2)12-10-13(11-8-6-5-7-9-11)17-14(12)16(15,3)4/h5-10H,1-4H3. The minimum atomic E-state index is 0.311. The van der Waals surface area contributed by atoms with Crippen molar-refractivity contribution in [1.82, 2.24) is 0 Å². The summed E-state index contributed by atoms with van der Waals surface area (Å²) in [4.78, 5) is 2.98. The van der Waals surface area contributed by atoms with E-state index in [0.29, 0.717) is 10.8 Å². The van der Waals surface area contributed by atoms with Gasteiger partial charge in [-0.1, -0.05) is 58.0 Å². The molecule has 0 spiro atoms. The Balaban J connectivity index is 2.12. The lowest BCUT2D eigenvalue weighted by Gasteiger charge is -2.51. The molecule has 0 aliphatic heterocycles. The summed E-state index contributed by atoms with van der Waals surface area (Å²) in [5.41, 5.74) is 3.52. The summed E-state index contributed by atoms with van der Waals surface area (Å²) in [6.45, 7) is 9.44. The average molecular weight is 242 g/mol. The molecule has 0 saturated carbocycles. The summed E-state index contributed by atoms with van der Waals surface area (Å²) < 4.78 is 0. The van der Waals surface area contributed by atoms with Crippen molar-refractivity contribution in [2.24, 2.45) is 0 Å². The molecule has 0 N–H and O–H groups in total. The molecule has 0 fully saturated rings. The minimum absolute atomic E-state index is 0.311. The zero-order valence-corrected chi connectivity index (χ0v) is 11.7. The molecule has 1 aliphatic carbocycles. The van der Waals surface area contributed by atoms with E-state index in [1.807, 2.05) is 11.3 Å². The minimum Gasteiger partial charge on any atom is -0.139 e. The van der Waals surface area contributed by atoms with Crippen LogP contribution in [0.5, 0.6) is 0 Å². The molecule has 0 nitrogen and oxygen atoms in total. The van der Waals surface area contributed by atoms with Crippen LogP contribution in [0.15, 0.2) is 36.4 Å². The second-order valence-corrected chi connectivity index (χ2v) is 7.02. The molecular formula is C16H18S. The van der Waals surface area contributed by atoms with Crippen LogP contribution in [0.3, 0.4) is 0 Å². The smallest absolute Gasteiger partial charge is 0.0348 e. The van der Waals surface area contributed by atoms with Crippen LogP contribution in [0, 0.1) is 0 Å². The molecule has 1 aromatic heterocycles. The van der Waals surface area contributed by atoms with Gasteiger partial charge in [-0.2, -0.15) is 0 Å². The van der Waals surface area contributed by atoms with Crippen LogP contribution in [0.2, 0.25) is 0 Å². The highest BCUT2D eigenvalue weighted by atomic mass is 32.1. The third-order valence-corrected chi connectivity index (χ3v) is 6.10. The van der Waals surface area contributed by atoms with Crippen molar-refractivity contribution >= 4 is 11.3 Å². The normalized spacial score (nSPS) is 19.5. The Labute approximate surface area is 107 Å². The number of hydrogen-bond donors (Lipinski definition) is 0. The van der Waals surface area contributed by atoms with Gasteiger partial charge in [0.1, 0.15) is 0 Å². The van der Waals surface area contributed by atoms with Crippen molar-refractivity contribution in [2.45, 2.75) is 38.5 Å². The van der Waals surface area contributed by atoms with E-state index >= 15 is 0 Å². The lowest BCUT2D eigenvalue weighted by molar-refractivity contribution is 0.251. The molecular weight excluding hydrogens is 224 g/mol. The lowest BCUT2D eigenvalue weighted by atomic mass is 9.53. The first-order valence-electron chi connectivity index (χ1n) is 6.15. The van der Waals surface area contributed by atoms with Gasteiger partial charge >= 0.3 is 0 Å². The quantitative estimate of drug-likeness (QED) is 0.661. The van der Waals surface area contributed by atoms with Crippen LogP contribution in [-0.4, -0.2) is 0 Å². The first-order chi connectivity index (χ1) is 7.94. The maximum absolute atomic E-state index is 2.39. The van der Waals surface area contributed by atoms with Crippen molar-refractivity contribution < 1.29 is 0 Å². The number of hydrogen-bond acceptors (Lipinski definition) is 1. The van der Waals surface area contributed by atoms with Crippen molar-refractivity contribution in [2.75, 3.05) is 0 Å². The van der Waals surface area contributed by atoms with E-state index in [1.165, 1.54) is 10.4 Å². The SMILES string of the molecule is CC1(C)c2cc(-c3ccccc3)sc2C1(C)C. The predicted molar refractivity (Wildman–Crippen MR) is 75.8 cm³/mol. The lowest BCUT2D eigenvalue weighted by Crippen LogP contribution is -2.49. The molecule has 0 saturated heterocycles. The first-order valence-corrected chi connectivity index (χ1v) is 6.96. The Bertz CT molecular complexity index is 527. The first kappa shape index (κ1) is 11.0. The van der Waals surface area contributed by atoms with Gasteiger partial charge in [-0.05, 0) is 17.2 Å². The molecule has 1 heterocycles. The highest BCUT2D eigenvalue weighted by Crippen LogP contribution is 2.59. The van der Waals surface area contributed by atoms with Crippen molar-refractivity contribution in [3.05, 3.63) is 46.8 Å². The summed E-state index contributed by atoms with van der Waals surface area (Å²) in [6, 6.07) is 13.1. The molecule has 17 heavy (non-hydrogen) atoms. The molecule has 0 unspecified atom stereocenters. The Kier molecular flexibility index (Phi) is 2.10. The number of benzene rings is 1. The topological polar surface area (TPSA) is 0 Å². The Morgan fingerprint density at radius 2 is 1.53 bits per heavy atom. The molecule has 0 amide bonds. The predicted octanol–water partition coefficient (Wildman–Crippen LogP) is 4.98. The summed E-state index contributed by atoms with van der Waals surface area (Å²) in [5, 5.41) is 0. The fraction of sp³-hybridized carbons (Fsp3) is 0.375. The van der Waals surface area contributed by atoms with Crippen LogP contribution in [-0.2, 0) is 10.8 Å². The maximum atomic E-state index is 2.39. The zero-order chi connectivity index (χ0) is 12.3. The van der Waals surface area contributed by atoms with E-state index in [9.17, 15) is 0 Å². The Hall–Kier alpha value is -1.08. The molecule has 1 aliphatic rings. The van der Waals surface area contributed by atoms with Crippen molar-refractivity contribution in [1.29, 1.82) is 0 Å². The third-order valence-electron chi connectivity index (χ3n) is 4.59. The van der Waals surface area contributed by atoms with Crippen molar-refractivity contribution in [3.63, 3.8) is 0 Å². The monoisotopic (exact) mass is 242 g/mol. The Morgan fingerprint density at radius 3 is 2.12 bits per heavy atom. The van der Waals surface area contributed by atoms with Gasteiger partial charge in [0, 0.05) is 20.6 Å².